The standard InChI is InChI=1S/C18H24N4O5/c1-12(23)27-9-8-21-4-6-22(7-5-21)18-19-14-11-16(26-3)15(25-2)10-13(14)17(24)20-18/h10-11H,4-9H2,1-3H3,(H,19,20,24). The molecule has 1 N–H and O–H groups in total. The lowest BCUT2D eigenvalue weighted by Gasteiger charge is -2.34. The molecule has 1 aliphatic rings. The van der Waals surface area contributed by atoms with Crippen LogP contribution in [0.25, 0.3) is 10.9 Å². The van der Waals surface area contributed by atoms with Gasteiger partial charge < -0.3 is 19.1 Å². The maximum absolute atomic E-state index is 12.5. The van der Waals surface area contributed by atoms with Crippen LogP contribution in [0.3, 0.4) is 0 Å². The normalized spacial score (nSPS) is 15.0. The molecule has 146 valence electrons. The Labute approximate surface area is 156 Å². The number of carbonyl (C=O) groups excluding carboxylic acids is 1. The molecule has 3 rings (SSSR count). The van der Waals surface area contributed by atoms with Gasteiger partial charge in [-0.1, -0.05) is 0 Å². The zero-order valence-corrected chi connectivity index (χ0v) is 15.8. The van der Waals surface area contributed by atoms with Crippen molar-refractivity contribution in [1.82, 2.24) is 14.9 Å². The molecule has 9 nitrogen and oxygen atoms in total. The van der Waals surface area contributed by atoms with E-state index >= 15 is 0 Å². The van der Waals surface area contributed by atoms with Crippen molar-refractivity contribution in [3.63, 3.8) is 0 Å². The average Bonchev–Trinajstić information content (AvgIpc) is 2.67. The smallest absolute Gasteiger partial charge is 0.302 e. The summed E-state index contributed by atoms with van der Waals surface area (Å²) < 4.78 is 15.5. The zero-order valence-electron chi connectivity index (χ0n) is 15.8. The number of H-pyrrole nitrogens is 1. The molecule has 2 heterocycles. The zero-order chi connectivity index (χ0) is 19.4. The Morgan fingerprint density at radius 1 is 1.15 bits per heavy atom. The maximum Gasteiger partial charge on any atom is 0.302 e. The van der Waals surface area contributed by atoms with Crippen LogP contribution < -0.4 is 19.9 Å². The lowest BCUT2D eigenvalue weighted by Crippen LogP contribution is -2.48. The molecule has 0 amide bonds. The van der Waals surface area contributed by atoms with Gasteiger partial charge in [-0.2, -0.15) is 0 Å². The number of methoxy groups -OCH3 is 2. The molecule has 0 bridgehead atoms. The van der Waals surface area contributed by atoms with Gasteiger partial charge in [-0.25, -0.2) is 4.98 Å². The number of carbonyl (C=O) groups is 1. The van der Waals surface area contributed by atoms with Gasteiger partial charge >= 0.3 is 5.97 Å². The van der Waals surface area contributed by atoms with Gasteiger partial charge in [0.1, 0.15) is 6.61 Å². The second-order valence-electron chi connectivity index (χ2n) is 6.28. The van der Waals surface area contributed by atoms with Crippen molar-refractivity contribution in [3.05, 3.63) is 22.5 Å². The number of hydrogen-bond acceptors (Lipinski definition) is 8. The van der Waals surface area contributed by atoms with Gasteiger partial charge in [0.25, 0.3) is 5.56 Å². The Bertz CT molecular complexity index is 874. The van der Waals surface area contributed by atoms with Gasteiger partial charge in [-0.15, -0.1) is 0 Å². The first-order chi connectivity index (χ1) is 13.0. The number of esters is 1. The summed E-state index contributed by atoms with van der Waals surface area (Å²) in [6.07, 6.45) is 0. The van der Waals surface area contributed by atoms with Crippen molar-refractivity contribution < 1.29 is 19.0 Å². The lowest BCUT2D eigenvalue weighted by molar-refractivity contribution is -0.141. The molecule has 1 aliphatic heterocycles. The van der Waals surface area contributed by atoms with E-state index in [9.17, 15) is 9.59 Å². The van der Waals surface area contributed by atoms with E-state index in [0.29, 0.717) is 41.5 Å². The van der Waals surface area contributed by atoms with E-state index in [1.54, 1.807) is 19.2 Å². The molecule has 1 aromatic carbocycles. The summed E-state index contributed by atoms with van der Waals surface area (Å²) in [6.45, 7) is 5.55. The van der Waals surface area contributed by atoms with Crippen molar-refractivity contribution in [2.75, 3.05) is 58.5 Å². The quantitative estimate of drug-likeness (QED) is 0.733. The van der Waals surface area contributed by atoms with Crippen molar-refractivity contribution in [1.29, 1.82) is 0 Å². The van der Waals surface area contributed by atoms with E-state index in [1.807, 2.05) is 4.90 Å². The van der Waals surface area contributed by atoms with Crippen LogP contribution >= 0.6 is 0 Å². The molecule has 0 radical (unpaired) electrons. The van der Waals surface area contributed by atoms with Crippen LogP contribution in [0.2, 0.25) is 0 Å². The fourth-order valence-corrected chi connectivity index (χ4v) is 3.11. The summed E-state index contributed by atoms with van der Waals surface area (Å²) in [4.78, 5) is 35.1. The molecule has 0 aliphatic carbocycles. The second-order valence-corrected chi connectivity index (χ2v) is 6.28. The van der Waals surface area contributed by atoms with Crippen LogP contribution in [0.15, 0.2) is 16.9 Å². The fourth-order valence-electron chi connectivity index (χ4n) is 3.11. The highest BCUT2D eigenvalue weighted by atomic mass is 16.5. The van der Waals surface area contributed by atoms with Gasteiger partial charge in [-0.3, -0.25) is 19.5 Å². The van der Waals surface area contributed by atoms with Crippen LogP contribution in [0.4, 0.5) is 5.95 Å². The van der Waals surface area contributed by atoms with Crippen molar-refractivity contribution in [3.8, 4) is 11.5 Å². The second kappa shape index (κ2) is 8.26. The third-order valence-corrected chi connectivity index (χ3v) is 4.58. The first-order valence-corrected chi connectivity index (χ1v) is 8.78. The summed E-state index contributed by atoms with van der Waals surface area (Å²) in [6, 6.07) is 3.35. The molecular weight excluding hydrogens is 352 g/mol. The van der Waals surface area contributed by atoms with E-state index in [0.717, 1.165) is 26.2 Å². The minimum atomic E-state index is -0.265. The number of ether oxygens (including phenoxy) is 3. The molecule has 0 spiro atoms. The number of aromatic amines is 1. The Morgan fingerprint density at radius 2 is 1.81 bits per heavy atom. The van der Waals surface area contributed by atoms with Gasteiger partial charge in [0, 0.05) is 45.7 Å². The van der Waals surface area contributed by atoms with Crippen molar-refractivity contribution >= 4 is 22.8 Å². The summed E-state index contributed by atoms with van der Waals surface area (Å²) in [5, 5.41) is 0.455. The summed E-state index contributed by atoms with van der Waals surface area (Å²) >= 11 is 0. The number of aromatic nitrogens is 2. The average molecular weight is 376 g/mol. The van der Waals surface area contributed by atoms with E-state index in [1.165, 1.54) is 14.0 Å². The Balaban J connectivity index is 1.74. The number of hydrogen-bond donors (Lipinski definition) is 1. The molecule has 1 fully saturated rings. The molecule has 27 heavy (non-hydrogen) atoms. The van der Waals surface area contributed by atoms with Gasteiger partial charge in [-0.05, 0) is 6.07 Å². The minimum absolute atomic E-state index is 0.215. The fraction of sp³-hybridized carbons (Fsp3) is 0.500. The van der Waals surface area contributed by atoms with Gasteiger partial charge in [0.05, 0.1) is 25.1 Å². The number of piperazine rings is 1. The molecule has 0 unspecified atom stereocenters. The van der Waals surface area contributed by atoms with Crippen LogP contribution in [-0.4, -0.2) is 74.4 Å². The summed E-state index contributed by atoms with van der Waals surface area (Å²) in [5.41, 5.74) is 0.344. The number of nitrogens with zero attached hydrogens (tertiary/aromatic N) is 3. The highest BCUT2D eigenvalue weighted by Crippen LogP contribution is 2.30. The molecule has 0 saturated carbocycles. The van der Waals surface area contributed by atoms with E-state index in [2.05, 4.69) is 14.9 Å². The number of nitrogens with one attached hydrogen (secondary N) is 1. The monoisotopic (exact) mass is 376 g/mol. The maximum atomic E-state index is 12.5. The first-order valence-electron chi connectivity index (χ1n) is 8.78. The van der Waals surface area contributed by atoms with Crippen molar-refractivity contribution in [2.24, 2.45) is 0 Å². The molecular formula is C18H24N4O5. The molecule has 1 aromatic heterocycles. The summed E-state index contributed by atoms with van der Waals surface area (Å²) in [7, 11) is 3.08. The molecule has 9 heteroatoms. The Hall–Kier alpha value is -2.81. The third kappa shape index (κ3) is 4.30. The lowest BCUT2D eigenvalue weighted by atomic mass is 10.2. The van der Waals surface area contributed by atoms with Gasteiger partial charge in [0.15, 0.2) is 11.5 Å². The predicted octanol–water partition coefficient (Wildman–Crippen LogP) is 0.625. The Kier molecular flexibility index (Phi) is 5.80. The number of benzene rings is 1. The van der Waals surface area contributed by atoms with Crippen LogP contribution in [-0.2, 0) is 9.53 Å². The highest BCUT2D eigenvalue weighted by molar-refractivity contribution is 5.82. The van der Waals surface area contributed by atoms with E-state index in [4.69, 9.17) is 14.2 Å². The number of fused-ring (bicyclic) bond motifs is 1. The van der Waals surface area contributed by atoms with Gasteiger partial charge in [0.2, 0.25) is 5.95 Å². The van der Waals surface area contributed by atoms with Crippen LogP contribution in [0, 0.1) is 0 Å². The largest absolute Gasteiger partial charge is 0.493 e. The van der Waals surface area contributed by atoms with E-state index < -0.39 is 0 Å². The van der Waals surface area contributed by atoms with Crippen LogP contribution in [0.5, 0.6) is 11.5 Å². The van der Waals surface area contributed by atoms with E-state index in [-0.39, 0.29) is 11.5 Å². The topological polar surface area (TPSA) is 97.0 Å². The molecule has 0 atom stereocenters. The Morgan fingerprint density at radius 3 is 2.44 bits per heavy atom. The summed E-state index contributed by atoms with van der Waals surface area (Å²) in [5.74, 6) is 1.30. The number of anilines is 1. The molecule has 2 aromatic rings. The minimum Gasteiger partial charge on any atom is -0.493 e. The predicted molar refractivity (Wildman–Crippen MR) is 101 cm³/mol. The highest BCUT2D eigenvalue weighted by Gasteiger charge is 2.20. The van der Waals surface area contributed by atoms with Crippen molar-refractivity contribution in [2.45, 2.75) is 6.92 Å². The number of rotatable bonds is 6. The van der Waals surface area contributed by atoms with Crippen LogP contribution in [0.1, 0.15) is 6.92 Å². The SMILES string of the molecule is COc1cc2nc(N3CCN(CCOC(C)=O)CC3)[nH]c(=O)c2cc1OC. The molecule has 1 saturated heterocycles. The first kappa shape index (κ1) is 19.0. The third-order valence-electron chi connectivity index (χ3n) is 4.58.